The highest BCUT2D eigenvalue weighted by Gasteiger charge is 2.09. The number of aryl methyl sites for hydroxylation is 2. The molecular weight excluding hydrogens is 190 g/mol. The molecule has 84 valence electrons. The van der Waals surface area contributed by atoms with Crippen LogP contribution in [0.1, 0.15) is 18.3 Å². The number of nitrogens with zero attached hydrogens (tertiary/aromatic N) is 3. The van der Waals surface area contributed by atoms with E-state index in [1.165, 1.54) is 0 Å². The highest BCUT2D eigenvalue weighted by molar-refractivity contribution is 5.82. The number of carbonyl (C=O) groups is 1. The third kappa shape index (κ3) is 3.47. The van der Waals surface area contributed by atoms with E-state index in [-0.39, 0.29) is 5.78 Å². The molecule has 0 radical (unpaired) electrons. The number of carbonyl (C=O) groups excluding carboxylic acids is 1. The van der Waals surface area contributed by atoms with Crippen LogP contribution in [-0.4, -0.2) is 41.1 Å². The van der Waals surface area contributed by atoms with Crippen molar-refractivity contribution in [1.29, 1.82) is 0 Å². The molecule has 0 aromatic carbocycles. The van der Waals surface area contributed by atoms with E-state index in [9.17, 15) is 4.79 Å². The van der Waals surface area contributed by atoms with E-state index in [0.29, 0.717) is 13.0 Å². The molecule has 0 atom stereocenters. The summed E-state index contributed by atoms with van der Waals surface area (Å²) >= 11 is 0. The lowest BCUT2D eigenvalue weighted by Crippen LogP contribution is -2.23. The summed E-state index contributed by atoms with van der Waals surface area (Å²) in [6.07, 6.45) is 1.39. The molecule has 0 unspecified atom stereocenters. The summed E-state index contributed by atoms with van der Waals surface area (Å²) in [4.78, 5) is 13.5. The summed E-state index contributed by atoms with van der Waals surface area (Å²) in [6.45, 7) is 2.56. The van der Waals surface area contributed by atoms with Crippen molar-refractivity contribution >= 4 is 5.78 Å². The van der Waals surface area contributed by atoms with Gasteiger partial charge in [-0.1, -0.05) is 6.92 Å². The van der Waals surface area contributed by atoms with Crippen molar-refractivity contribution in [1.82, 2.24) is 14.7 Å². The van der Waals surface area contributed by atoms with Gasteiger partial charge in [0.1, 0.15) is 0 Å². The fourth-order valence-corrected chi connectivity index (χ4v) is 1.52. The van der Waals surface area contributed by atoms with Crippen LogP contribution in [-0.2, 0) is 24.7 Å². The van der Waals surface area contributed by atoms with Gasteiger partial charge in [-0.15, -0.1) is 0 Å². The first-order valence-electron chi connectivity index (χ1n) is 5.21. The highest BCUT2D eigenvalue weighted by Crippen LogP contribution is 2.05. The molecule has 1 aromatic heterocycles. The first-order chi connectivity index (χ1) is 7.02. The van der Waals surface area contributed by atoms with E-state index in [1.807, 2.05) is 32.1 Å². The van der Waals surface area contributed by atoms with Crippen LogP contribution < -0.4 is 0 Å². The molecule has 0 N–H and O–H groups in total. The zero-order valence-corrected chi connectivity index (χ0v) is 9.95. The quantitative estimate of drug-likeness (QED) is 0.715. The number of rotatable bonds is 5. The lowest BCUT2D eigenvalue weighted by Gasteiger charge is -2.07. The predicted molar refractivity (Wildman–Crippen MR) is 59.9 cm³/mol. The van der Waals surface area contributed by atoms with Crippen molar-refractivity contribution in [3.63, 3.8) is 0 Å². The zero-order chi connectivity index (χ0) is 11.4. The molecule has 1 rings (SSSR count). The Morgan fingerprint density at radius 3 is 2.67 bits per heavy atom. The summed E-state index contributed by atoms with van der Waals surface area (Å²) in [6, 6.07) is 2.01. The number of ketones is 1. The van der Waals surface area contributed by atoms with E-state index < -0.39 is 0 Å². The highest BCUT2D eigenvalue weighted by atomic mass is 16.1. The number of likely N-dealkylation sites (N-methyl/N-ethyl adjacent to an activating group) is 1. The summed E-state index contributed by atoms with van der Waals surface area (Å²) in [5, 5.41) is 4.31. The molecule has 0 spiro atoms. The molecule has 0 saturated heterocycles. The average Bonchev–Trinajstić information content (AvgIpc) is 2.46. The van der Waals surface area contributed by atoms with Gasteiger partial charge in [0.2, 0.25) is 0 Å². The molecule has 0 amide bonds. The van der Waals surface area contributed by atoms with Crippen LogP contribution in [0, 0.1) is 0 Å². The first kappa shape index (κ1) is 11.9. The van der Waals surface area contributed by atoms with Crippen molar-refractivity contribution in [2.45, 2.75) is 19.8 Å². The van der Waals surface area contributed by atoms with Gasteiger partial charge < -0.3 is 4.90 Å². The average molecular weight is 209 g/mol. The second kappa shape index (κ2) is 5.07. The fourth-order valence-electron chi connectivity index (χ4n) is 1.52. The molecule has 0 aliphatic rings. The van der Waals surface area contributed by atoms with Crippen molar-refractivity contribution in [3.05, 3.63) is 17.5 Å². The molecule has 0 fully saturated rings. The number of Topliss-reactive ketones (excluding diaryl/α,β-unsaturated/α-hetero) is 1. The molecule has 0 aliphatic carbocycles. The monoisotopic (exact) mass is 209 g/mol. The van der Waals surface area contributed by atoms with Crippen molar-refractivity contribution in [2.24, 2.45) is 7.05 Å². The third-order valence-corrected chi connectivity index (χ3v) is 2.26. The second-order valence-corrected chi connectivity index (χ2v) is 4.06. The van der Waals surface area contributed by atoms with Gasteiger partial charge in [-0.3, -0.25) is 9.48 Å². The Kier molecular flexibility index (Phi) is 4.03. The van der Waals surface area contributed by atoms with Crippen LogP contribution in [0.5, 0.6) is 0 Å². The van der Waals surface area contributed by atoms with Gasteiger partial charge in [-0.25, -0.2) is 0 Å². The Balaban J connectivity index is 2.63. The minimum Gasteiger partial charge on any atom is -0.302 e. The molecule has 4 heteroatoms. The Bertz CT molecular complexity index is 342. The largest absolute Gasteiger partial charge is 0.302 e. The lowest BCUT2D eigenvalue weighted by atomic mass is 10.2. The van der Waals surface area contributed by atoms with E-state index in [0.717, 1.165) is 17.8 Å². The van der Waals surface area contributed by atoms with Crippen LogP contribution in [0.25, 0.3) is 0 Å². The maximum Gasteiger partial charge on any atom is 0.152 e. The van der Waals surface area contributed by atoms with E-state index in [1.54, 1.807) is 4.68 Å². The third-order valence-electron chi connectivity index (χ3n) is 2.26. The Hall–Kier alpha value is -1.16. The summed E-state index contributed by atoms with van der Waals surface area (Å²) in [7, 11) is 5.69. The molecule has 1 heterocycles. The van der Waals surface area contributed by atoms with E-state index >= 15 is 0 Å². The number of hydrogen-bond acceptors (Lipinski definition) is 3. The first-order valence-corrected chi connectivity index (χ1v) is 5.21. The van der Waals surface area contributed by atoms with Crippen LogP contribution >= 0.6 is 0 Å². The molecule has 4 nitrogen and oxygen atoms in total. The topological polar surface area (TPSA) is 38.1 Å². The van der Waals surface area contributed by atoms with Crippen LogP contribution in [0.15, 0.2) is 6.07 Å². The maximum atomic E-state index is 11.6. The molecule has 0 aliphatic heterocycles. The van der Waals surface area contributed by atoms with Crippen LogP contribution in [0.2, 0.25) is 0 Å². The van der Waals surface area contributed by atoms with Gasteiger partial charge in [-0.05, 0) is 26.6 Å². The summed E-state index contributed by atoms with van der Waals surface area (Å²) in [5.41, 5.74) is 2.05. The molecule has 15 heavy (non-hydrogen) atoms. The SMILES string of the molecule is CCc1cc(CC(=O)CN(C)C)n(C)n1. The van der Waals surface area contributed by atoms with Gasteiger partial charge in [-0.2, -0.15) is 5.10 Å². The van der Waals surface area contributed by atoms with Crippen LogP contribution in [0.4, 0.5) is 0 Å². The zero-order valence-electron chi connectivity index (χ0n) is 9.95. The number of hydrogen-bond donors (Lipinski definition) is 0. The molecule has 0 bridgehead atoms. The molecule has 1 aromatic rings. The Morgan fingerprint density at radius 1 is 1.53 bits per heavy atom. The second-order valence-electron chi connectivity index (χ2n) is 4.06. The van der Waals surface area contributed by atoms with Gasteiger partial charge in [0.25, 0.3) is 0 Å². The molecular formula is C11H19N3O. The van der Waals surface area contributed by atoms with Gasteiger partial charge >= 0.3 is 0 Å². The minimum absolute atomic E-state index is 0.227. The van der Waals surface area contributed by atoms with E-state index in [2.05, 4.69) is 12.0 Å². The Morgan fingerprint density at radius 2 is 2.20 bits per heavy atom. The normalized spacial score (nSPS) is 11.0. The summed E-state index contributed by atoms with van der Waals surface area (Å²) in [5.74, 6) is 0.227. The van der Waals surface area contributed by atoms with Crippen LogP contribution in [0.3, 0.4) is 0 Å². The van der Waals surface area contributed by atoms with E-state index in [4.69, 9.17) is 0 Å². The Labute approximate surface area is 90.9 Å². The predicted octanol–water partition coefficient (Wildman–Crippen LogP) is 0.656. The smallest absolute Gasteiger partial charge is 0.152 e. The van der Waals surface area contributed by atoms with Gasteiger partial charge in [0, 0.05) is 19.2 Å². The van der Waals surface area contributed by atoms with Crippen molar-refractivity contribution in [2.75, 3.05) is 20.6 Å². The van der Waals surface area contributed by atoms with Gasteiger partial charge in [0.05, 0.1) is 12.2 Å². The number of aromatic nitrogens is 2. The molecule has 0 saturated carbocycles. The minimum atomic E-state index is 0.227. The van der Waals surface area contributed by atoms with Gasteiger partial charge in [0.15, 0.2) is 5.78 Å². The van der Waals surface area contributed by atoms with Crippen molar-refractivity contribution in [3.8, 4) is 0 Å². The maximum absolute atomic E-state index is 11.6. The summed E-state index contributed by atoms with van der Waals surface area (Å²) < 4.78 is 1.80. The lowest BCUT2D eigenvalue weighted by molar-refractivity contribution is -0.119. The van der Waals surface area contributed by atoms with Crippen molar-refractivity contribution < 1.29 is 4.79 Å². The standard InChI is InChI=1S/C11H19N3O/c1-5-9-6-10(14(4)12-9)7-11(15)8-13(2)3/h6H,5,7-8H2,1-4H3. The fraction of sp³-hybridized carbons (Fsp3) is 0.636.